The van der Waals surface area contributed by atoms with E-state index in [1.807, 2.05) is 24.3 Å². The predicted octanol–water partition coefficient (Wildman–Crippen LogP) is 5.89. The number of piperidine rings is 1. The van der Waals surface area contributed by atoms with Crippen molar-refractivity contribution in [3.63, 3.8) is 0 Å². The minimum Gasteiger partial charge on any atom is -0.303 e. The molecule has 0 amide bonds. The Balaban J connectivity index is 1.70. The van der Waals surface area contributed by atoms with Gasteiger partial charge in [-0.15, -0.1) is 0 Å². The van der Waals surface area contributed by atoms with Crippen LogP contribution in [0.1, 0.15) is 51.5 Å². The minimum absolute atomic E-state index is 0.0810. The summed E-state index contributed by atoms with van der Waals surface area (Å²) in [6.45, 7) is 10.6. The van der Waals surface area contributed by atoms with Gasteiger partial charge in [0.1, 0.15) is 0 Å². The molecule has 6 heteroatoms. The first-order valence-electron chi connectivity index (χ1n) is 11.6. The van der Waals surface area contributed by atoms with E-state index in [2.05, 4.69) is 31.7 Å². The fourth-order valence-electron chi connectivity index (χ4n) is 4.67. The summed E-state index contributed by atoms with van der Waals surface area (Å²) < 4.78 is 27.7. The van der Waals surface area contributed by atoms with Gasteiger partial charge in [0, 0.05) is 18.6 Å². The van der Waals surface area contributed by atoms with Gasteiger partial charge in [0.2, 0.25) is 10.0 Å². The molecule has 1 saturated heterocycles. The van der Waals surface area contributed by atoms with E-state index in [9.17, 15) is 8.42 Å². The van der Waals surface area contributed by atoms with Gasteiger partial charge in [0.25, 0.3) is 0 Å². The van der Waals surface area contributed by atoms with Crippen molar-refractivity contribution in [1.29, 1.82) is 0 Å². The van der Waals surface area contributed by atoms with E-state index >= 15 is 0 Å². The number of sulfonamides is 1. The number of benzene rings is 2. The number of rotatable bonds is 8. The van der Waals surface area contributed by atoms with Gasteiger partial charge in [-0.25, -0.2) is 12.7 Å². The smallest absolute Gasteiger partial charge is 0.242 e. The topological polar surface area (TPSA) is 40.6 Å². The SMILES string of the molecule is CN(CC(CCN1CCC(C(C)(C)C)CC1)c1cccc(Cl)c1)S(=O)(=O)c1ccccc1. The van der Waals surface area contributed by atoms with Crippen LogP contribution in [0, 0.1) is 11.3 Å². The number of likely N-dealkylation sites (tertiary alicyclic amines) is 1. The molecule has 0 saturated carbocycles. The van der Waals surface area contributed by atoms with Gasteiger partial charge in [-0.3, -0.25) is 0 Å². The number of halogens is 1. The zero-order valence-corrected chi connectivity index (χ0v) is 21.4. The van der Waals surface area contributed by atoms with Crippen LogP contribution in [0.3, 0.4) is 0 Å². The van der Waals surface area contributed by atoms with Crippen LogP contribution < -0.4 is 0 Å². The Bertz CT molecular complexity index is 965. The molecule has 3 rings (SSSR count). The van der Waals surface area contributed by atoms with E-state index in [4.69, 9.17) is 11.6 Å². The highest BCUT2D eigenvalue weighted by atomic mass is 35.5. The van der Waals surface area contributed by atoms with E-state index in [0.717, 1.165) is 37.5 Å². The third-order valence-corrected chi connectivity index (χ3v) is 8.93. The Kier molecular flexibility index (Phi) is 8.42. The van der Waals surface area contributed by atoms with Gasteiger partial charge in [-0.05, 0) is 86.0 Å². The van der Waals surface area contributed by atoms with Crippen LogP contribution in [0.25, 0.3) is 0 Å². The molecule has 2 aromatic rings. The van der Waals surface area contributed by atoms with Crippen molar-refractivity contribution >= 4 is 21.6 Å². The second kappa shape index (κ2) is 10.7. The van der Waals surface area contributed by atoms with Gasteiger partial charge in [0.15, 0.2) is 0 Å². The van der Waals surface area contributed by atoms with Crippen molar-refractivity contribution in [2.75, 3.05) is 33.2 Å². The molecular formula is C26H37ClN2O2S. The quantitative estimate of drug-likeness (QED) is 0.476. The third-order valence-electron chi connectivity index (χ3n) is 6.86. The zero-order chi connectivity index (χ0) is 23.4. The second-order valence-corrected chi connectivity index (χ2v) is 12.6. The fourth-order valence-corrected chi connectivity index (χ4v) is 6.10. The Morgan fingerprint density at radius 1 is 1.06 bits per heavy atom. The molecule has 1 atom stereocenters. The van der Waals surface area contributed by atoms with Crippen molar-refractivity contribution in [2.45, 2.75) is 50.8 Å². The lowest BCUT2D eigenvalue weighted by Crippen LogP contribution is -2.39. The summed E-state index contributed by atoms with van der Waals surface area (Å²) in [6, 6.07) is 16.5. The normalized spacial score (nSPS) is 17.6. The highest BCUT2D eigenvalue weighted by Crippen LogP contribution is 2.35. The molecule has 1 heterocycles. The number of hydrogen-bond donors (Lipinski definition) is 0. The summed E-state index contributed by atoms with van der Waals surface area (Å²) >= 11 is 6.28. The Morgan fingerprint density at radius 2 is 1.72 bits per heavy atom. The van der Waals surface area contributed by atoms with E-state index in [0.29, 0.717) is 21.9 Å². The van der Waals surface area contributed by atoms with E-state index in [1.165, 1.54) is 17.1 Å². The van der Waals surface area contributed by atoms with E-state index in [-0.39, 0.29) is 5.92 Å². The molecule has 0 spiro atoms. The average Bonchev–Trinajstić information content (AvgIpc) is 2.76. The van der Waals surface area contributed by atoms with Gasteiger partial charge < -0.3 is 4.90 Å². The Labute approximate surface area is 199 Å². The lowest BCUT2D eigenvalue weighted by Gasteiger charge is -2.39. The lowest BCUT2D eigenvalue weighted by molar-refractivity contribution is 0.110. The van der Waals surface area contributed by atoms with E-state index in [1.54, 1.807) is 31.3 Å². The summed E-state index contributed by atoms with van der Waals surface area (Å²) in [7, 11) is -1.86. The number of likely N-dealkylation sites (N-methyl/N-ethyl adjacent to an activating group) is 1. The highest BCUT2D eigenvalue weighted by Gasteiger charge is 2.29. The highest BCUT2D eigenvalue weighted by molar-refractivity contribution is 7.89. The van der Waals surface area contributed by atoms with Crippen molar-refractivity contribution in [2.24, 2.45) is 11.3 Å². The second-order valence-electron chi connectivity index (χ2n) is 10.1. The first-order chi connectivity index (χ1) is 15.1. The standard InChI is InChI=1S/C26H37ClN2O2S/c1-26(2,3)23-14-17-29(18-15-23)16-13-22(21-9-8-10-24(27)19-21)20-28(4)32(30,31)25-11-6-5-7-12-25/h5-12,19,22-23H,13-18,20H2,1-4H3. The predicted molar refractivity (Wildman–Crippen MR) is 134 cm³/mol. The van der Waals surface area contributed by atoms with Gasteiger partial charge >= 0.3 is 0 Å². The average molecular weight is 477 g/mol. The van der Waals surface area contributed by atoms with Gasteiger partial charge in [-0.1, -0.05) is 62.7 Å². The number of hydrogen-bond acceptors (Lipinski definition) is 3. The van der Waals surface area contributed by atoms with Crippen molar-refractivity contribution < 1.29 is 8.42 Å². The van der Waals surface area contributed by atoms with Crippen LogP contribution in [0.2, 0.25) is 5.02 Å². The van der Waals surface area contributed by atoms with Crippen LogP contribution in [0.5, 0.6) is 0 Å². The van der Waals surface area contributed by atoms with Crippen LogP contribution >= 0.6 is 11.6 Å². The van der Waals surface area contributed by atoms with Crippen LogP contribution in [0.15, 0.2) is 59.5 Å². The molecule has 4 nitrogen and oxygen atoms in total. The molecule has 2 aromatic carbocycles. The van der Waals surface area contributed by atoms with E-state index < -0.39 is 10.0 Å². The van der Waals surface area contributed by atoms with Crippen LogP contribution in [-0.4, -0.2) is 50.8 Å². The molecule has 1 aliphatic heterocycles. The first-order valence-corrected chi connectivity index (χ1v) is 13.4. The Hall–Kier alpha value is -1.40. The lowest BCUT2D eigenvalue weighted by atomic mass is 9.75. The molecule has 1 aliphatic rings. The van der Waals surface area contributed by atoms with Crippen LogP contribution in [-0.2, 0) is 10.0 Å². The maximum Gasteiger partial charge on any atom is 0.242 e. The fraction of sp³-hybridized carbons (Fsp3) is 0.538. The number of nitrogens with zero attached hydrogens (tertiary/aromatic N) is 2. The van der Waals surface area contributed by atoms with Gasteiger partial charge in [0.05, 0.1) is 4.90 Å². The first kappa shape index (κ1) is 25.2. The minimum atomic E-state index is -3.53. The molecule has 0 aliphatic carbocycles. The monoisotopic (exact) mass is 476 g/mol. The van der Waals surface area contributed by atoms with Crippen molar-refractivity contribution in [3.05, 3.63) is 65.2 Å². The van der Waals surface area contributed by atoms with Crippen molar-refractivity contribution in [1.82, 2.24) is 9.21 Å². The summed E-state index contributed by atoms with van der Waals surface area (Å²) in [6.07, 6.45) is 3.36. The molecule has 176 valence electrons. The molecule has 0 radical (unpaired) electrons. The molecule has 0 bridgehead atoms. The molecule has 0 aromatic heterocycles. The molecule has 0 N–H and O–H groups in total. The Morgan fingerprint density at radius 3 is 2.31 bits per heavy atom. The molecule has 1 unspecified atom stereocenters. The summed E-state index contributed by atoms with van der Waals surface area (Å²) in [5, 5.41) is 0.687. The van der Waals surface area contributed by atoms with Crippen LogP contribution in [0.4, 0.5) is 0 Å². The molecule has 1 fully saturated rings. The third kappa shape index (κ3) is 6.57. The largest absolute Gasteiger partial charge is 0.303 e. The van der Waals surface area contributed by atoms with Gasteiger partial charge in [-0.2, -0.15) is 0 Å². The summed E-state index contributed by atoms with van der Waals surface area (Å²) in [5.41, 5.74) is 1.46. The zero-order valence-electron chi connectivity index (χ0n) is 19.8. The summed E-state index contributed by atoms with van der Waals surface area (Å²) in [5.74, 6) is 0.849. The molecular weight excluding hydrogens is 440 g/mol. The van der Waals surface area contributed by atoms with Crippen molar-refractivity contribution in [3.8, 4) is 0 Å². The maximum atomic E-state index is 13.1. The maximum absolute atomic E-state index is 13.1. The summed E-state index contributed by atoms with van der Waals surface area (Å²) in [4.78, 5) is 2.86. The molecule has 32 heavy (non-hydrogen) atoms.